The minimum atomic E-state index is -3.76. The van der Waals surface area contributed by atoms with Gasteiger partial charge in [0.05, 0.1) is 23.8 Å². The number of likely N-dealkylation sites (tertiary alicyclic amines) is 1. The molecule has 1 aliphatic heterocycles. The summed E-state index contributed by atoms with van der Waals surface area (Å²) in [4.78, 5) is 15.3. The molecular weight excluding hydrogens is 466 g/mol. The maximum Gasteiger partial charge on any atom is 0.261 e. The standard InChI is InChI=1S/C26H31N3O5S/c1-2-33-22-12-14-23(15-13-22)35(31,32)28-21-10-8-20(9-11-21)26(30)27-19-24(25-7-6-18-34-25)29-16-4-3-5-17-29/h6-15,18,24,28H,2-5,16-17,19H2,1H3,(H,27,30)/t24-/m1/s1. The molecule has 186 valence electrons. The quantitative estimate of drug-likeness (QED) is 0.430. The molecule has 2 N–H and O–H groups in total. The molecule has 0 aliphatic carbocycles. The zero-order chi connectivity index (χ0) is 24.7. The summed E-state index contributed by atoms with van der Waals surface area (Å²) in [6.07, 6.45) is 5.15. The van der Waals surface area contributed by atoms with Gasteiger partial charge in [-0.2, -0.15) is 0 Å². The van der Waals surface area contributed by atoms with Crippen LogP contribution in [0.1, 0.15) is 48.3 Å². The van der Waals surface area contributed by atoms with Crippen molar-refractivity contribution in [3.8, 4) is 5.75 Å². The molecular formula is C26H31N3O5S. The minimum Gasteiger partial charge on any atom is -0.494 e. The monoisotopic (exact) mass is 497 g/mol. The molecule has 2 heterocycles. The molecule has 2 aromatic carbocycles. The van der Waals surface area contributed by atoms with Gasteiger partial charge in [-0.15, -0.1) is 0 Å². The summed E-state index contributed by atoms with van der Waals surface area (Å²) in [5.41, 5.74) is 0.822. The van der Waals surface area contributed by atoms with Crippen molar-refractivity contribution < 1.29 is 22.4 Å². The van der Waals surface area contributed by atoms with Gasteiger partial charge in [-0.25, -0.2) is 8.42 Å². The fourth-order valence-electron chi connectivity index (χ4n) is 4.20. The Balaban J connectivity index is 1.37. The average Bonchev–Trinajstić information content (AvgIpc) is 3.40. The van der Waals surface area contributed by atoms with Crippen LogP contribution in [0.4, 0.5) is 5.69 Å². The highest BCUT2D eigenvalue weighted by atomic mass is 32.2. The summed E-state index contributed by atoms with van der Waals surface area (Å²) in [5, 5.41) is 3.00. The van der Waals surface area contributed by atoms with E-state index in [2.05, 4.69) is 14.9 Å². The summed E-state index contributed by atoms with van der Waals surface area (Å²) >= 11 is 0. The van der Waals surface area contributed by atoms with E-state index < -0.39 is 10.0 Å². The number of rotatable bonds is 10. The van der Waals surface area contributed by atoms with E-state index in [4.69, 9.17) is 9.15 Å². The Hall–Kier alpha value is -3.30. The molecule has 0 unspecified atom stereocenters. The van der Waals surface area contributed by atoms with Gasteiger partial charge in [0.2, 0.25) is 0 Å². The van der Waals surface area contributed by atoms with Crippen LogP contribution in [-0.4, -0.2) is 45.5 Å². The summed E-state index contributed by atoms with van der Waals surface area (Å²) < 4.78 is 38.9. The molecule has 0 bridgehead atoms. The third-order valence-corrected chi connectivity index (χ3v) is 7.40. The van der Waals surface area contributed by atoms with Crippen molar-refractivity contribution in [2.24, 2.45) is 0 Å². The number of carbonyl (C=O) groups is 1. The Kier molecular flexibility index (Phi) is 8.09. The molecule has 3 aromatic rings. The highest BCUT2D eigenvalue weighted by Gasteiger charge is 2.25. The highest BCUT2D eigenvalue weighted by molar-refractivity contribution is 7.92. The van der Waals surface area contributed by atoms with Crippen LogP contribution in [0.2, 0.25) is 0 Å². The summed E-state index contributed by atoms with van der Waals surface area (Å²) in [6.45, 7) is 4.75. The lowest BCUT2D eigenvalue weighted by molar-refractivity contribution is 0.0914. The number of amides is 1. The third kappa shape index (κ3) is 6.43. The second-order valence-corrected chi connectivity index (χ2v) is 10.1. The Morgan fingerprint density at radius 3 is 2.37 bits per heavy atom. The zero-order valence-corrected chi connectivity index (χ0v) is 20.6. The van der Waals surface area contributed by atoms with E-state index in [1.54, 1.807) is 42.7 Å². The SMILES string of the molecule is CCOc1ccc(S(=O)(=O)Nc2ccc(C(=O)NC[C@H](c3ccco3)N3CCCCC3)cc2)cc1. The molecule has 1 atom stereocenters. The number of carbonyl (C=O) groups excluding carboxylic acids is 1. The molecule has 8 nitrogen and oxygen atoms in total. The first kappa shape index (κ1) is 24.8. The van der Waals surface area contributed by atoms with Gasteiger partial charge in [-0.3, -0.25) is 14.4 Å². The molecule has 0 saturated carbocycles. The van der Waals surface area contributed by atoms with Crippen molar-refractivity contribution in [3.63, 3.8) is 0 Å². The van der Waals surface area contributed by atoms with Crippen LogP contribution in [0.25, 0.3) is 0 Å². The molecule has 9 heteroatoms. The molecule has 1 saturated heterocycles. The van der Waals surface area contributed by atoms with E-state index >= 15 is 0 Å². The van der Waals surface area contributed by atoms with Crippen molar-refractivity contribution >= 4 is 21.6 Å². The van der Waals surface area contributed by atoms with Gasteiger partial charge >= 0.3 is 0 Å². The van der Waals surface area contributed by atoms with E-state index in [1.807, 2.05) is 19.1 Å². The van der Waals surface area contributed by atoms with E-state index in [1.165, 1.54) is 18.6 Å². The van der Waals surface area contributed by atoms with Crippen molar-refractivity contribution in [2.45, 2.75) is 37.1 Å². The number of sulfonamides is 1. The lowest BCUT2D eigenvalue weighted by atomic mass is 10.1. The van der Waals surface area contributed by atoms with Crippen molar-refractivity contribution in [3.05, 3.63) is 78.3 Å². The Morgan fingerprint density at radius 1 is 1.03 bits per heavy atom. The van der Waals surface area contributed by atoms with Gasteiger partial charge < -0.3 is 14.5 Å². The van der Waals surface area contributed by atoms with E-state index in [0.717, 1.165) is 31.7 Å². The number of nitrogens with one attached hydrogen (secondary N) is 2. The fourth-order valence-corrected chi connectivity index (χ4v) is 5.26. The first-order chi connectivity index (χ1) is 17.0. The number of furan rings is 1. The first-order valence-electron chi connectivity index (χ1n) is 11.9. The highest BCUT2D eigenvalue weighted by Crippen LogP contribution is 2.25. The largest absolute Gasteiger partial charge is 0.494 e. The molecule has 1 amide bonds. The van der Waals surface area contributed by atoms with Gasteiger partial charge in [0, 0.05) is 17.8 Å². The third-order valence-electron chi connectivity index (χ3n) is 6.00. The van der Waals surface area contributed by atoms with Gasteiger partial charge in [0.15, 0.2) is 0 Å². The Labute approximate surface area is 206 Å². The average molecular weight is 498 g/mol. The lowest BCUT2D eigenvalue weighted by Gasteiger charge is -2.33. The number of nitrogens with zero attached hydrogens (tertiary/aromatic N) is 1. The number of hydrogen-bond donors (Lipinski definition) is 2. The molecule has 1 aliphatic rings. The second kappa shape index (κ2) is 11.4. The first-order valence-corrected chi connectivity index (χ1v) is 13.4. The van der Waals surface area contributed by atoms with Gasteiger partial charge in [0.1, 0.15) is 11.5 Å². The van der Waals surface area contributed by atoms with Gasteiger partial charge in [-0.1, -0.05) is 6.42 Å². The predicted octanol–water partition coefficient (Wildman–Crippen LogP) is 4.44. The maximum atomic E-state index is 12.8. The van der Waals surface area contributed by atoms with Crippen molar-refractivity contribution in [1.29, 1.82) is 0 Å². The summed E-state index contributed by atoms with van der Waals surface area (Å²) in [7, 11) is -3.76. The number of anilines is 1. The Bertz CT molecular complexity index is 1190. The molecule has 1 fully saturated rings. The maximum absolute atomic E-state index is 12.8. The minimum absolute atomic E-state index is 0.0190. The van der Waals surface area contributed by atoms with Crippen LogP contribution in [0.15, 0.2) is 76.2 Å². The van der Waals surface area contributed by atoms with Gasteiger partial charge in [-0.05, 0) is 93.5 Å². The molecule has 35 heavy (non-hydrogen) atoms. The Morgan fingerprint density at radius 2 is 1.74 bits per heavy atom. The molecule has 4 rings (SSSR count). The van der Waals surface area contributed by atoms with E-state index in [0.29, 0.717) is 30.2 Å². The molecule has 0 spiro atoms. The number of piperidine rings is 1. The summed E-state index contributed by atoms with van der Waals surface area (Å²) in [6, 6.07) is 16.4. The lowest BCUT2D eigenvalue weighted by Crippen LogP contribution is -2.40. The van der Waals surface area contributed by atoms with E-state index in [9.17, 15) is 13.2 Å². The van der Waals surface area contributed by atoms with Crippen LogP contribution in [-0.2, 0) is 10.0 Å². The second-order valence-electron chi connectivity index (χ2n) is 8.43. The smallest absolute Gasteiger partial charge is 0.261 e. The van der Waals surface area contributed by atoms with Crippen LogP contribution >= 0.6 is 0 Å². The fraction of sp³-hybridized carbons (Fsp3) is 0.346. The van der Waals surface area contributed by atoms with Crippen LogP contribution < -0.4 is 14.8 Å². The van der Waals surface area contributed by atoms with Crippen LogP contribution in [0.5, 0.6) is 5.75 Å². The number of hydrogen-bond acceptors (Lipinski definition) is 6. The van der Waals surface area contributed by atoms with Crippen LogP contribution in [0.3, 0.4) is 0 Å². The number of ether oxygens (including phenoxy) is 1. The molecule has 1 aromatic heterocycles. The van der Waals surface area contributed by atoms with Crippen molar-refractivity contribution in [1.82, 2.24) is 10.2 Å². The van der Waals surface area contributed by atoms with Crippen molar-refractivity contribution in [2.75, 3.05) is 31.0 Å². The number of benzene rings is 2. The summed E-state index contributed by atoms with van der Waals surface area (Å²) in [5.74, 6) is 1.22. The van der Waals surface area contributed by atoms with Crippen LogP contribution in [0, 0.1) is 0 Å². The van der Waals surface area contributed by atoms with Gasteiger partial charge in [0.25, 0.3) is 15.9 Å². The molecule has 0 radical (unpaired) electrons. The predicted molar refractivity (Wildman–Crippen MR) is 134 cm³/mol. The van der Waals surface area contributed by atoms with E-state index in [-0.39, 0.29) is 16.8 Å². The normalized spacial score (nSPS) is 15.3. The zero-order valence-electron chi connectivity index (χ0n) is 19.8. The topological polar surface area (TPSA) is 101 Å².